The Balaban J connectivity index is 1.61. The van der Waals surface area contributed by atoms with Gasteiger partial charge in [-0.15, -0.1) is 0 Å². The molecule has 1 saturated carbocycles. The van der Waals surface area contributed by atoms with Crippen LogP contribution in [0.1, 0.15) is 31.4 Å². The summed E-state index contributed by atoms with van der Waals surface area (Å²) < 4.78 is 6.92. The summed E-state index contributed by atoms with van der Waals surface area (Å²) in [5.41, 5.74) is 7.19. The molecular weight excluding hydrogens is 292 g/mol. The molecular formula is C17H22N4O2. The van der Waals surface area contributed by atoms with Crippen molar-refractivity contribution in [3.05, 3.63) is 42.2 Å². The van der Waals surface area contributed by atoms with Gasteiger partial charge in [0.25, 0.3) is 0 Å². The van der Waals surface area contributed by atoms with Crippen LogP contribution in [0.5, 0.6) is 5.75 Å². The molecule has 23 heavy (non-hydrogen) atoms. The lowest BCUT2D eigenvalue weighted by molar-refractivity contribution is -0.126. The Bertz CT molecular complexity index is 672. The van der Waals surface area contributed by atoms with E-state index in [1.165, 1.54) is 0 Å². The van der Waals surface area contributed by atoms with Gasteiger partial charge in [0.1, 0.15) is 5.75 Å². The monoisotopic (exact) mass is 314 g/mol. The third kappa shape index (κ3) is 3.37. The van der Waals surface area contributed by atoms with E-state index in [1.807, 2.05) is 36.5 Å². The van der Waals surface area contributed by atoms with Crippen molar-refractivity contribution in [3.63, 3.8) is 0 Å². The van der Waals surface area contributed by atoms with Gasteiger partial charge in [0, 0.05) is 6.20 Å². The average Bonchev–Trinajstić information content (AvgIpc) is 3.22. The molecule has 1 fully saturated rings. The third-order valence-electron chi connectivity index (χ3n) is 4.36. The fourth-order valence-electron chi connectivity index (χ4n) is 2.91. The molecule has 0 aliphatic heterocycles. The van der Waals surface area contributed by atoms with Gasteiger partial charge in [0.2, 0.25) is 5.91 Å². The number of nitrogens with zero attached hydrogens (tertiary/aromatic N) is 2. The van der Waals surface area contributed by atoms with Crippen molar-refractivity contribution < 1.29 is 9.53 Å². The summed E-state index contributed by atoms with van der Waals surface area (Å²) in [5.74, 6) is 0.729. The maximum Gasteiger partial charge on any atom is 0.240 e. The van der Waals surface area contributed by atoms with Crippen LogP contribution in [-0.4, -0.2) is 28.3 Å². The maximum atomic E-state index is 12.2. The Morgan fingerprint density at radius 3 is 2.65 bits per heavy atom. The van der Waals surface area contributed by atoms with Gasteiger partial charge in [0.15, 0.2) is 0 Å². The Hall–Kier alpha value is -2.34. The summed E-state index contributed by atoms with van der Waals surface area (Å²) in [6.45, 7) is 0.390. The predicted octanol–water partition coefficient (Wildman–Crippen LogP) is 1.77. The number of rotatable bonds is 5. The number of methoxy groups -OCH3 is 1. The van der Waals surface area contributed by atoms with Crippen molar-refractivity contribution in [2.45, 2.75) is 37.8 Å². The van der Waals surface area contributed by atoms with Crippen molar-refractivity contribution in [3.8, 4) is 11.4 Å². The minimum atomic E-state index is -0.696. The molecule has 0 saturated heterocycles. The summed E-state index contributed by atoms with van der Waals surface area (Å²) >= 11 is 0. The number of carbonyl (C=O) groups excluding carboxylic acids is 1. The van der Waals surface area contributed by atoms with Crippen LogP contribution in [0.4, 0.5) is 0 Å². The van der Waals surface area contributed by atoms with Crippen molar-refractivity contribution in [1.29, 1.82) is 0 Å². The van der Waals surface area contributed by atoms with Crippen molar-refractivity contribution in [1.82, 2.24) is 15.1 Å². The van der Waals surface area contributed by atoms with E-state index < -0.39 is 5.54 Å². The second kappa shape index (κ2) is 6.42. The van der Waals surface area contributed by atoms with Gasteiger partial charge < -0.3 is 15.8 Å². The smallest absolute Gasteiger partial charge is 0.240 e. The van der Waals surface area contributed by atoms with Gasteiger partial charge in [-0.2, -0.15) is 5.10 Å². The summed E-state index contributed by atoms with van der Waals surface area (Å²) in [4.78, 5) is 12.2. The van der Waals surface area contributed by atoms with Crippen LogP contribution in [0.3, 0.4) is 0 Å². The van der Waals surface area contributed by atoms with Gasteiger partial charge in [-0.25, -0.2) is 4.68 Å². The highest BCUT2D eigenvalue weighted by atomic mass is 16.5. The molecule has 122 valence electrons. The van der Waals surface area contributed by atoms with Crippen LogP contribution in [0.25, 0.3) is 5.69 Å². The number of ether oxygens (including phenoxy) is 1. The lowest BCUT2D eigenvalue weighted by Crippen LogP contribution is -2.51. The van der Waals surface area contributed by atoms with E-state index in [-0.39, 0.29) is 5.91 Å². The standard InChI is InChI=1S/C17H22N4O2/c1-23-15-6-4-14(5-7-15)21-11-8-13(20-21)12-19-16(22)17(18)9-2-3-10-17/h4-8,11H,2-3,9-10,12,18H2,1H3,(H,19,22). The molecule has 1 aliphatic rings. The quantitative estimate of drug-likeness (QED) is 0.881. The van der Waals surface area contributed by atoms with Crippen molar-refractivity contribution in [2.24, 2.45) is 5.73 Å². The number of carbonyl (C=O) groups is 1. The fourth-order valence-corrected chi connectivity index (χ4v) is 2.91. The second-order valence-corrected chi connectivity index (χ2v) is 6.00. The first-order valence-corrected chi connectivity index (χ1v) is 7.87. The molecule has 3 N–H and O–H groups in total. The first kappa shape index (κ1) is 15.6. The highest BCUT2D eigenvalue weighted by Gasteiger charge is 2.36. The topological polar surface area (TPSA) is 82.2 Å². The Kier molecular flexibility index (Phi) is 4.34. The van der Waals surface area contributed by atoms with E-state index in [4.69, 9.17) is 10.5 Å². The van der Waals surface area contributed by atoms with Gasteiger partial charge in [-0.05, 0) is 43.2 Å². The molecule has 3 rings (SSSR count). The molecule has 1 heterocycles. The van der Waals surface area contributed by atoms with Crippen molar-refractivity contribution >= 4 is 5.91 Å². The molecule has 1 aliphatic carbocycles. The number of hydrogen-bond donors (Lipinski definition) is 2. The SMILES string of the molecule is COc1ccc(-n2ccc(CNC(=O)C3(N)CCCC3)n2)cc1. The van der Waals surface area contributed by atoms with E-state index >= 15 is 0 Å². The molecule has 2 aromatic rings. The zero-order valence-electron chi connectivity index (χ0n) is 13.3. The molecule has 0 unspecified atom stereocenters. The van der Waals surface area contributed by atoms with Gasteiger partial charge >= 0.3 is 0 Å². The number of nitrogens with two attached hydrogens (primary N) is 1. The number of benzene rings is 1. The molecule has 6 heteroatoms. The van der Waals surface area contributed by atoms with E-state index in [9.17, 15) is 4.79 Å². The molecule has 1 aromatic carbocycles. The van der Waals surface area contributed by atoms with E-state index in [2.05, 4.69) is 10.4 Å². The first-order valence-electron chi connectivity index (χ1n) is 7.87. The zero-order valence-corrected chi connectivity index (χ0v) is 13.3. The summed E-state index contributed by atoms with van der Waals surface area (Å²) in [5, 5.41) is 7.38. The normalized spacial score (nSPS) is 16.3. The van der Waals surface area contributed by atoms with Crippen LogP contribution >= 0.6 is 0 Å². The van der Waals surface area contributed by atoms with Crippen molar-refractivity contribution in [2.75, 3.05) is 7.11 Å². The highest BCUT2D eigenvalue weighted by Crippen LogP contribution is 2.27. The Morgan fingerprint density at radius 1 is 1.30 bits per heavy atom. The average molecular weight is 314 g/mol. The molecule has 0 radical (unpaired) electrons. The van der Waals surface area contributed by atoms with Crippen LogP contribution in [0, 0.1) is 0 Å². The lowest BCUT2D eigenvalue weighted by atomic mass is 9.98. The Morgan fingerprint density at radius 2 is 2.00 bits per heavy atom. The van der Waals surface area contributed by atoms with E-state index in [0.29, 0.717) is 6.54 Å². The number of amides is 1. The second-order valence-electron chi connectivity index (χ2n) is 6.00. The minimum Gasteiger partial charge on any atom is -0.497 e. The molecule has 0 atom stereocenters. The summed E-state index contributed by atoms with van der Waals surface area (Å²) in [6.07, 6.45) is 5.45. The van der Waals surface area contributed by atoms with Crippen LogP contribution in [0.2, 0.25) is 0 Å². The minimum absolute atomic E-state index is 0.0750. The summed E-state index contributed by atoms with van der Waals surface area (Å²) in [6, 6.07) is 9.53. The largest absolute Gasteiger partial charge is 0.497 e. The zero-order chi connectivity index (χ0) is 16.3. The number of hydrogen-bond acceptors (Lipinski definition) is 4. The number of aromatic nitrogens is 2. The molecule has 1 aromatic heterocycles. The number of nitrogens with one attached hydrogen (secondary N) is 1. The predicted molar refractivity (Wildman–Crippen MR) is 87.3 cm³/mol. The summed E-state index contributed by atoms with van der Waals surface area (Å²) in [7, 11) is 1.64. The first-order chi connectivity index (χ1) is 11.1. The highest BCUT2D eigenvalue weighted by molar-refractivity contribution is 5.86. The third-order valence-corrected chi connectivity index (χ3v) is 4.36. The molecule has 1 amide bonds. The van der Waals surface area contributed by atoms with Gasteiger partial charge in [0.05, 0.1) is 30.6 Å². The van der Waals surface area contributed by atoms with Crippen LogP contribution < -0.4 is 15.8 Å². The van der Waals surface area contributed by atoms with Crippen LogP contribution in [-0.2, 0) is 11.3 Å². The lowest BCUT2D eigenvalue weighted by Gasteiger charge is -2.21. The Labute approximate surface area is 135 Å². The molecule has 6 nitrogen and oxygen atoms in total. The fraction of sp³-hybridized carbons (Fsp3) is 0.412. The molecule has 0 bridgehead atoms. The van der Waals surface area contributed by atoms with Crippen LogP contribution in [0.15, 0.2) is 36.5 Å². The van der Waals surface area contributed by atoms with Gasteiger partial charge in [-0.1, -0.05) is 12.8 Å². The maximum absolute atomic E-state index is 12.2. The molecule has 0 spiro atoms. The van der Waals surface area contributed by atoms with Gasteiger partial charge in [-0.3, -0.25) is 4.79 Å². The van der Waals surface area contributed by atoms with E-state index in [1.54, 1.807) is 11.8 Å². The van der Waals surface area contributed by atoms with E-state index in [0.717, 1.165) is 42.8 Å².